The van der Waals surface area contributed by atoms with E-state index in [0.717, 1.165) is 0 Å². The van der Waals surface area contributed by atoms with Crippen molar-refractivity contribution in [1.82, 2.24) is 4.90 Å². The summed E-state index contributed by atoms with van der Waals surface area (Å²) in [6.07, 6.45) is 0. The molecule has 0 radical (unpaired) electrons. The molecule has 0 unspecified atom stereocenters. The van der Waals surface area contributed by atoms with Crippen molar-refractivity contribution in [1.29, 1.82) is 0 Å². The Bertz CT molecular complexity index is 219. The summed E-state index contributed by atoms with van der Waals surface area (Å²) in [6.45, 7) is 6.80. The second-order valence-electron chi connectivity index (χ2n) is 2.89. The van der Waals surface area contributed by atoms with Gasteiger partial charge in [0.15, 0.2) is 0 Å². The van der Waals surface area contributed by atoms with Crippen molar-refractivity contribution < 1.29 is 0 Å². The Kier molecular flexibility index (Phi) is 5.14. The zero-order chi connectivity index (χ0) is 9.52. The third kappa shape index (κ3) is 3.95. The fraction of sp³-hybridized carbons (Fsp3) is 0.455. The summed E-state index contributed by atoms with van der Waals surface area (Å²) in [6, 6.07) is 10.8. The van der Waals surface area contributed by atoms with E-state index in [4.69, 9.17) is 0 Å². The van der Waals surface area contributed by atoms with Crippen LogP contribution in [0, 0.1) is 0 Å². The van der Waals surface area contributed by atoms with Crippen LogP contribution in [0.1, 0.15) is 13.8 Å². The molecule has 1 nitrogen and oxygen atoms in total. The van der Waals surface area contributed by atoms with Crippen LogP contribution in [0.5, 0.6) is 0 Å². The van der Waals surface area contributed by atoms with Gasteiger partial charge in [0.2, 0.25) is 0 Å². The van der Waals surface area contributed by atoms with E-state index in [1.54, 1.807) is 0 Å². The molecule has 0 amide bonds. The van der Waals surface area contributed by atoms with Crippen molar-refractivity contribution in [2.45, 2.75) is 13.8 Å². The quantitative estimate of drug-likeness (QED) is 0.704. The van der Waals surface area contributed by atoms with Gasteiger partial charge >= 0.3 is 87.0 Å². The second kappa shape index (κ2) is 6.20. The van der Waals surface area contributed by atoms with Crippen molar-refractivity contribution in [2.24, 2.45) is 0 Å². The molecular formula is C11H17NSe. The Hall–Kier alpha value is -0.301. The number of benzene rings is 1. The van der Waals surface area contributed by atoms with Crippen molar-refractivity contribution in [2.75, 3.05) is 18.5 Å². The molecule has 0 aliphatic carbocycles. The van der Waals surface area contributed by atoms with Crippen LogP contribution >= 0.6 is 0 Å². The fourth-order valence-corrected chi connectivity index (χ4v) is 3.28. The van der Waals surface area contributed by atoms with E-state index >= 15 is 0 Å². The van der Waals surface area contributed by atoms with Crippen LogP contribution in [0.3, 0.4) is 0 Å². The van der Waals surface area contributed by atoms with Crippen molar-refractivity contribution >= 4 is 19.4 Å². The number of hydrogen-bond donors (Lipinski definition) is 0. The molecule has 0 heterocycles. The molecular weight excluding hydrogens is 225 g/mol. The van der Waals surface area contributed by atoms with E-state index in [-0.39, 0.29) is 0 Å². The van der Waals surface area contributed by atoms with Gasteiger partial charge in [-0.3, -0.25) is 0 Å². The van der Waals surface area contributed by atoms with Crippen LogP contribution in [0.15, 0.2) is 30.3 Å². The van der Waals surface area contributed by atoms with E-state index in [9.17, 15) is 0 Å². The van der Waals surface area contributed by atoms with Crippen LogP contribution in [-0.2, 0) is 0 Å². The molecule has 0 saturated heterocycles. The molecule has 13 heavy (non-hydrogen) atoms. The average molecular weight is 242 g/mol. The van der Waals surface area contributed by atoms with Gasteiger partial charge in [-0.05, 0) is 0 Å². The molecule has 0 bridgehead atoms. The molecule has 0 spiro atoms. The third-order valence-electron chi connectivity index (χ3n) is 2.05. The average Bonchev–Trinajstić information content (AvgIpc) is 2.21. The predicted molar refractivity (Wildman–Crippen MR) is 59.6 cm³/mol. The second-order valence-corrected chi connectivity index (χ2v) is 5.03. The number of nitrogens with zero attached hydrogens (tertiary/aromatic N) is 1. The van der Waals surface area contributed by atoms with Gasteiger partial charge in [0.05, 0.1) is 0 Å². The SMILES string of the molecule is CCN(CC)C[Se]c1ccccc1. The minimum atomic E-state index is 0.618. The van der Waals surface area contributed by atoms with E-state index in [2.05, 4.69) is 49.1 Å². The molecule has 0 fully saturated rings. The molecule has 0 aliphatic heterocycles. The van der Waals surface area contributed by atoms with Gasteiger partial charge in [-0.15, -0.1) is 0 Å². The maximum absolute atomic E-state index is 2.48. The van der Waals surface area contributed by atoms with Gasteiger partial charge in [0, 0.05) is 0 Å². The van der Waals surface area contributed by atoms with E-state index in [1.807, 2.05) is 0 Å². The van der Waals surface area contributed by atoms with Gasteiger partial charge in [-0.25, -0.2) is 0 Å². The zero-order valence-corrected chi connectivity index (χ0v) is 10.1. The van der Waals surface area contributed by atoms with Crippen molar-refractivity contribution in [3.05, 3.63) is 30.3 Å². The molecule has 2 heteroatoms. The summed E-state index contributed by atoms with van der Waals surface area (Å²) < 4.78 is 1.50. The first kappa shape index (κ1) is 10.8. The Morgan fingerprint density at radius 3 is 2.23 bits per heavy atom. The Balaban J connectivity index is 2.34. The fourth-order valence-electron chi connectivity index (χ4n) is 1.09. The normalized spacial score (nSPS) is 10.7. The van der Waals surface area contributed by atoms with Gasteiger partial charge in [-0.2, -0.15) is 0 Å². The molecule has 1 rings (SSSR count). The van der Waals surface area contributed by atoms with Crippen LogP contribution in [0.4, 0.5) is 0 Å². The first-order valence-electron chi connectivity index (χ1n) is 4.77. The van der Waals surface area contributed by atoms with Gasteiger partial charge < -0.3 is 0 Å². The first-order chi connectivity index (χ1) is 6.36. The zero-order valence-electron chi connectivity index (χ0n) is 8.36. The Morgan fingerprint density at radius 1 is 1.08 bits per heavy atom. The molecule has 0 atom stereocenters. The van der Waals surface area contributed by atoms with E-state index in [0.29, 0.717) is 15.0 Å². The molecule has 1 aromatic carbocycles. The summed E-state index contributed by atoms with van der Waals surface area (Å²) in [7, 11) is 0. The Morgan fingerprint density at radius 2 is 1.69 bits per heavy atom. The molecule has 0 N–H and O–H groups in total. The molecule has 72 valence electrons. The Labute approximate surface area is 87.3 Å². The van der Waals surface area contributed by atoms with E-state index in [1.165, 1.54) is 23.0 Å². The topological polar surface area (TPSA) is 3.24 Å². The monoisotopic (exact) mass is 243 g/mol. The third-order valence-corrected chi connectivity index (χ3v) is 4.36. The number of rotatable bonds is 5. The molecule has 0 aromatic heterocycles. The van der Waals surface area contributed by atoms with Crippen LogP contribution in [-0.4, -0.2) is 38.4 Å². The summed E-state index contributed by atoms with van der Waals surface area (Å²) in [5, 5.41) is 0. The maximum atomic E-state index is 2.48. The molecule has 1 aromatic rings. The van der Waals surface area contributed by atoms with Gasteiger partial charge in [0.25, 0.3) is 0 Å². The van der Waals surface area contributed by atoms with Crippen LogP contribution in [0.25, 0.3) is 0 Å². The minimum absolute atomic E-state index is 0.618. The van der Waals surface area contributed by atoms with Crippen molar-refractivity contribution in [3.8, 4) is 0 Å². The van der Waals surface area contributed by atoms with Gasteiger partial charge in [-0.1, -0.05) is 0 Å². The summed E-state index contributed by atoms with van der Waals surface area (Å²) in [5.74, 6) is 0. The summed E-state index contributed by atoms with van der Waals surface area (Å²) in [4.78, 5) is 2.48. The summed E-state index contributed by atoms with van der Waals surface area (Å²) >= 11 is 0.618. The molecule has 0 saturated carbocycles. The summed E-state index contributed by atoms with van der Waals surface area (Å²) in [5.41, 5.74) is 1.24. The predicted octanol–water partition coefficient (Wildman–Crippen LogP) is 1.32. The standard InChI is InChI=1S/C11H17NSe/c1-3-12(4-2)10-13-11-8-6-5-7-9-11/h5-9H,3-4,10H2,1-2H3. The number of hydrogen-bond acceptors (Lipinski definition) is 1. The van der Waals surface area contributed by atoms with Gasteiger partial charge in [0.1, 0.15) is 0 Å². The van der Waals surface area contributed by atoms with Crippen LogP contribution < -0.4 is 4.46 Å². The first-order valence-corrected chi connectivity index (χ1v) is 6.83. The van der Waals surface area contributed by atoms with Crippen LogP contribution in [0.2, 0.25) is 0 Å². The van der Waals surface area contributed by atoms with E-state index < -0.39 is 0 Å². The van der Waals surface area contributed by atoms with Crippen molar-refractivity contribution in [3.63, 3.8) is 0 Å². The molecule has 0 aliphatic rings.